The van der Waals surface area contributed by atoms with Crippen LogP contribution >= 0.6 is 0 Å². The predicted molar refractivity (Wildman–Crippen MR) is 91.5 cm³/mol. The van der Waals surface area contributed by atoms with E-state index < -0.39 is 25.7 Å². The summed E-state index contributed by atoms with van der Waals surface area (Å²) in [7, 11) is -1.41. The maximum atomic E-state index is 11.5. The van der Waals surface area contributed by atoms with Crippen molar-refractivity contribution in [3.8, 4) is 0 Å². The minimum absolute atomic E-state index is 0.209. The monoisotopic (exact) mass is 329 g/mol. The summed E-state index contributed by atoms with van der Waals surface area (Å²) in [4.78, 5) is 22.9. The van der Waals surface area contributed by atoms with E-state index in [1.165, 1.54) is 6.26 Å². The first-order chi connectivity index (χ1) is 9.74. The number of esters is 1. The van der Waals surface area contributed by atoms with E-state index >= 15 is 0 Å². The fourth-order valence-corrected chi connectivity index (χ4v) is 2.57. The van der Waals surface area contributed by atoms with Crippen LogP contribution < -0.4 is 5.32 Å². The van der Waals surface area contributed by atoms with Crippen LogP contribution in [-0.4, -0.2) is 32.3 Å². The number of alkyl carbamates (subject to hydrolysis) is 1. The van der Waals surface area contributed by atoms with Crippen LogP contribution in [0.3, 0.4) is 0 Å². The number of rotatable bonds is 5. The molecule has 1 amide bonds. The molecule has 0 bridgehead atoms. The molecule has 0 saturated heterocycles. The number of carbonyl (C=O) groups is 2. The molecule has 0 unspecified atom stereocenters. The van der Waals surface area contributed by atoms with Gasteiger partial charge in [-0.25, -0.2) is 9.59 Å². The van der Waals surface area contributed by atoms with E-state index in [1.54, 1.807) is 20.8 Å². The molecule has 0 aromatic rings. The van der Waals surface area contributed by atoms with Gasteiger partial charge in [-0.05, 0) is 31.9 Å². The molecule has 0 aromatic heterocycles. The van der Waals surface area contributed by atoms with Crippen molar-refractivity contribution in [2.45, 2.75) is 71.3 Å². The van der Waals surface area contributed by atoms with E-state index in [0.717, 1.165) is 6.04 Å². The molecule has 0 atom stereocenters. The molecule has 0 saturated carbocycles. The predicted octanol–water partition coefficient (Wildman–Crippen LogP) is 4.08. The van der Waals surface area contributed by atoms with Crippen molar-refractivity contribution in [2.24, 2.45) is 0 Å². The highest BCUT2D eigenvalue weighted by Crippen LogP contribution is 2.38. The van der Waals surface area contributed by atoms with Crippen molar-refractivity contribution in [3.63, 3.8) is 0 Å². The molecule has 0 heterocycles. The van der Waals surface area contributed by atoms with Crippen LogP contribution in [-0.2, 0) is 14.3 Å². The Balaban J connectivity index is 4.10. The summed E-state index contributed by atoms with van der Waals surface area (Å²) in [5, 5.41) is 2.65. The van der Waals surface area contributed by atoms with Crippen LogP contribution in [0.25, 0.3) is 0 Å². The highest BCUT2D eigenvalue weighted by Gasteiger charge is 2.33. The Morgan fingerprint density at radius 1 is 1.09 bits per heavy atom. The molecule has 128 valence electrons. The van der Waals surface area contributed by atoms with Crippen molar-refractivity contribution < 1.29 is 19.1 Å². The number of amides is 1. The first-order valence-electron chi connectivity index (χ1n) is 7.56. The van der Waals surface area contributed by atoms with E-state index in [9.17, 15) is 9.59 Å². The number of ether oxygens (including phenoxy) is 2. The third kappa shape index (κ3) is 8.87. The van der Waals surface area contributed by atoms with Gasteiger partial charge in [0.05, 0.1) is 14.3 Å². The number of carbonyl (C=O) groups excluding carboxylic acids is 2. The Morgan fingerprint density at radius 2 is 1.64 bits per heavy atom. The Morgan fingerprint density at radius 3 is 2.09 bits per heavy atom. The van der Waals surface area contributed by atoms with Gasteiger partial charge in [-0.1, -0.05) is 39.9 Å². The summed E-state index contributed by atoms with van der Waals surface area (Å²) in [5.41, 5.74) is -0.586. The van der Waals surface area contributed by atoms with Gasteiger partial charge in [0.15, 0.2) is 0 Å². The lowest BCUT2D eigenvalue weighted by molar-refractivity contribution is -0.137. The molecular weight excluding hydrogens is 298 g/mol. The summed E-state index contributed by atoms with van der Waals surface area (Å²) in [6.45, 7) is 16.4. The smallest absolute Gasteiger partial charge is 0.408 e. The zero-order valence-corrected chi connectivity index (χ0v) is 16.2. The van der Waals surface area contributed by atoms with E-state index in [2.05, 4.69) is 39.2 Å². The molecule has 0 rings (SSSR count). The molecule has 0 aliphatic heterocycles. The minimum Gasteiger partial charge on any atom is -0.444 e. The van der Waals surface area contributed by atoms with Crippen molar-refractivity contribution in [2.75, 3.05) is 6.54 Å². The largest absolute Gasteiger partial charge is 0.444 e. The summed E-state index contributed by atoms with van der Waals surface area (Å²) in [6.07, 6.45) is 2.68. The van der Waals surface area contributed by atoms with Crippen LogP contribution in [0.2, 0.25) is 24.2 Å². The maximum Gasteiger partial charge on any atom is 0.408 e. The fourth-order valence-electron chi connectivity index (χ4n) is 1.27. The highest BCUT2D eigenvalue weighted by molar-refractivity contribution is 6.80. The topological polar surface area (TPSA) is 64.6 Å². The Kier molecular flexibility index (Phi) is 7.35. The first-order valence-corrected chi connectivity index (χ1v) is 10.8. The normalized spacial score (nSPS) is 13.1. The molecule has 0 radical (unpaired) electrons. The van der Waals surface area contributed by atoms with E-state index in [1.807, 2.05) is 6.08 Å². The number of allylic oxidation sites excluding steroid dienone is 1. The molecule has 6 heteroatoms. The van der Waals surface area contributed by atoms with E-state index in [4.69, 9.17) is 9.47 Å². The summed E-state index contributed by atoms with van der Waals surface area (Å²) in [5.74, 6) is -0.516. The second-order valence-corrected chi connectivity index (χ2v) is 13.7. The molecule has 22 heavy (non-hydrogen) atoms. The van der Waals surface area contributed by atoms with Crippen LogP contribution in [0.5, 0.6) is 0 Å². The van der Waals surface area contributed by atoms with Gasteiger partial charge < -0.3 is 14.8 Å². The molecule has 0 aliphatic rings. The van der Waals surface area contributed by atoms with E-state index in [-0.39, 0.29) is 6.54 Å². The molecule has 0 aromatic carbocycles. The second-order valence-electron chi connectivity index (χ2n) is 8.06. The van der Waals surface area contributed by atoms with E-state index in [0.29, 0.717) is 5.04 Å². The average molecular weight is 330 g/mol. The third-order valence-corrected chi connectivity index (χ3v) is 9.05. The van der Waals surface area contributed by atoms with Gasteiger partial charge in [0, 0.05) is 0 Å². The summed E-state index contributed by atoms with van der Waals surface area (Å²) < 4.78 is 9.99. The Hall–Kier alpha value is -1.30. The lowest BCUT2D eigenvalue weighted by Gasteiger charge is -2.36. The lowest BCUT2D eigenvalue weighted by atomic mass is 10.2. The molecule has 0 aliphatic carbocycles. The summed E-state index contributed by atoms with van der Waals surface area (Å²) in [6, 6.07) is 0.934. The number of hydrogen-bond donors (Lipinski definition) is 1. The van der Waals surface area contributed by atoms with Crippen LogP contribution in [0.4, 0.5) is 4.79 Å². The van der Waals surface area contributed by atoms with Gasteiger partial charge >= 0.3 is 12.1 Å². The van der Waals surface area contributed by atoms with Crippen LogP contribution in [0, 0.1) is 0 Å². The average Bonchev–Trinajstić information content (AvgIpc) is 2.28. The van der Waals surface area contributed by atoms with Gasteiger partial charge in [0.2, 0.25) is 0 Å². The van der Waals surface area contributed by atoms with Gasteiger partial charge in [-0.3, -0.25) is 0 Å². The minimum atomic E-state index is -1.41. The van der Waals surface area contributed by atoms with Crippen LogP contribution in [0.15, 0.2) is 12.3 Å². The van der Waals surface area contributed by atoms with Crippen molar-refractivity contribution in [1.29, 1.82) is 0 Å². The van der Waals surface area contributed by atoms with Gasteiger partial charge in [-0.15, -0.1) is 0 Å². The van der Waals surface area contributed by atoms with Crippen molar-refractivity contribution >= 4 is 20.1 Å². The number of hydrogen-bond acceptors (Lipinski definition) is 4. The van der Waals surface area contributed by atoms with Gasteiger partial charge in [0.1, 0.15) is 12.1 Å². The van der Waals surface area contributed by atoms with Gasteiger partial charge in [0.25, 0.3) is 0 Å². The standard InChI is InChI=1S/C16H31NO4Si/c1-15(2,3)21-14(19)17-12-13(18)20-10-9-11-22(7,8)16(4,5)6/h9-10H,11-12H2,1-8H3,(H,17,19)/b10-9+. The molecule has 1 N–H and O–H groups in total. The van der Waals surface area contributed by atoms with Gasteiger partial charge in [-0.2, -0.15) is 0 Å². The lowest BCUT2D eigenvalue weighted by Crippen LogP contribution is -2.36. The SMILES string of the molecule is CC(C)(C)OC(=O)NCC(=O)O/C=C/C[Si](C)(C)C(C)(C)C. The molecule has 0 spiro atoms. The zero-order valence-electron chi connectivity index (χ0n) is 15.2. The quantitative estimate of drug-likeness (QED) is 0.469. The molecular formula is C16H31NO4Si. The molecule has 5 nitrogen and oxygen atoms in total. The van der Waals surface area contributed by atoms with Crippen LogP contribution in [0.1, 0.15) is 41.5 Å². The maximum absolute atomic E-state index is 11.5. The van der Waals surface area contributed by atoms with Crippen molar-refractivity contribution in [1.82, 2.24) is 5.32 Å². The fraction of sp³-hybridized carbons (Fsp3) is 0.750. The first kappa shape index (κ1) is 20.7. The third-order valence-electron chi connectivity index (χ3n) is 3.73. The zero-order chi connectivity index (χ0) is 17.6. The second kappa shape index (κ2) is 7.81. The Labute approximate surface area is 135 Å². The molecule has 0 fully saturated rings. The summed E-state index contributed by atoms with van der Waals surface area (Å²) >= 11 is 0. The Bertz CT molecular complexity index is 417. The van der Waals surface area contributed by atoms with Crippen molar-refractivity contribution in [3.05, 3.63) is 12.3 Å². The number of nitrogens with one attached hydrogen (secondary N) is 1. The highest BCUT2D eigenvalue weighted by atomic mass is 28.3.